The Kier molecular flexibility index (Phi) is 10.7. The average Bonchev–Trinajstić information content (AvgIpc) is 2.97. The number of rotatable bonds is 13. The van der Waals surface area contributed by atoms with Crippen molar-refractivity contribution < 1.29 is 19.0 Å². The predicted molar refractivity (Wildman–Crippen MR) is 138 cm³/mol. The quantitative estimate of drug-likeness (QED) is 0.242. The molecule has 1 N–H and O–H groups in total. The van der Waals surface area contributed by atoms with Crippen LogP contribution in [0.4, 0.5) is 11.4 Å². The molecule has 0 radical (unpaired) electrons. The minimum Gasteiger partial charge on any atom is -0.491 e. The third-order valence-electron chi connectivity index (χ3n) is 5.69. The van der Waals surface area contributed by atoms with Gasteiger partial charge in [-0.15, -0.1) is 0 Å². The minimum absolute atomic E-state index is 0.297. The number of methoxy groups -OCH3 is 1. The van der Waals surface area contributed by atoms with Gasteiger partial charge >= 0.3 is 5.97 Å². The van der Waals surface area contributed by atoms with Crippen molar-refractivity contribution in [3.63, 3.8) is 0 Å². The van der Waals surface area contributed by atoms with Crippen molar-refractivity contribution in [3.05, 3.63) is 64.7 Å². The molecule has 0 bridgehead atoms. The maximum Gasteiger partial charge on any atom is 0.330 e. The number of ether oxygens (including phenoxy) is 3. The number of carbonyl (C=O) groups is 1. The van der Waals surface area contributed by atoms with E-state index >= 15 is 0 Å². The zero-order valence-electron chi connectivity index (χ0n) is 20.1. The highest BCUT2D eigenvalue weighted by Crippen LogP contribution is 2.39. The van der Waals surface area contributed by atoms with Gasteiger partial charge in [0.1, 0.15) is 12.4 Å². The van der Waals surface area contributed by atoms with E-state index in [2.05, 4.69) is 34.5 Å². The second-order valence-electron chi connectivity index (χ2n) is 8.12. The fourth-order valence-corrected chi connectivity index (χ4v) is 4.21. The van der Waals surface area contributed by atoms with Crippen LogP contribution in [0.1, 0.15) is 30.9 Å². The maximum absolute atomic E-state index is 11.3. The summed E-state index contributed by atoms with van der Waals surface area (Å²) in [4.78, 5) is 13.7. The van der Waals surface area contributed by atoms with Crippen LogP contribution in [0.15, 0.2) is 48.6 Å². The Morgan fingerprint density at radius 3 is 2.76 bits per heavy atom. The zero-order chi connectivity index (χ0) is 24.2. The Morgan fingerprint density at radius 1 is 1.09 bits per heavy atom. The number of esters is 1. The lowest BCUT2D eigenvalue weighted by molar-refractivity contribution is -0.137. The Labute approximate surface area is 207 Å². The molecule has 184 valence electrons. The first-order chi connectivity index (χ1) is 16.6. The highest BCUT2D eigenvalue weighted by Gasteiger charge is 2.21. The van der Waals surface area contributed by atoms with Crippen LogP contribution < -0.4 is 15.0 Å². The van der Waals surface area contributed by atoms with E-state index in [-0.39, 0.29) is 5.97 Å². The van der Waals surface area contributed by atoms with E-state index in [1.807, 2.05) is 12.1 Å². The second-order valence-corrected chi connectivity index (χ2v) is 8.56. The van der Waals surface area contributed by atoms with Crippen molar-refractivity contribution in [2.75, 3.05) is 51.5 Å². The highest BCUT2D eigenvalue weighted by atomic mass is 35.5. The molecule has 1 aliphatic heterocycles. The van der Waals surface area contributed by atoms with Crippen LogP contribution in [0.2, 0.25) is 5.02 Å². The van der Waals surface area contributed by atoms with Gasteiger partial charge in [-0.05, 0) is 80.6 Å². The fraction of sp³-hybridized carbons (Fsp3) is 0.444. The van der Waals surface area contributed by atoms with Crippen LogP contribution in [0.5, 0.6) is 5.75 Å². The number of fused-ring (bicyclic) bond motifs is 2. The number of anilines is 2. The van der Waals surface area contributed by atoms with E-state index in [0.717, 1.165) is 49.5 Å². The average molecular weight is 487 g/mol. The third kappa shape index (κ3) is 7.76. The molecule has 6 nitrogen and oxygen atoms in total. The van der Waals surface area contributed by atoms with Crippen molar-refractivity contribution >= 4 is 28.9 Å². The topological polar surface area (TPSA) is 60.0 Å². The number of carbonyl (C=O) groups excluding carboxylic acids is 1. The Balaban J connectivity index is 1.62. The van der Waals surface area contributed by atoms with Gasteiger partial charge in [0, 0.05) is 42.7 Å². The molecule has 2 aromatic rings. The van der Waals surface area contributed by atoms with Gasteiger partial charge in [-0.25, -0.2) is 4.79 Å². The summed E-state index contributed by atoms with van der Waals surface area (Å²) >= 11 is 6.38. The van der Waals surface area contributed by atoms with Gasteiger partial charge in [0.2, 0.25) is 0 Å². The number of benzene rings is 2. The van der Waals surface area contributed by atoms with Gasteiger partial charge in [0.15, 0.2) is 0 Å². The fourth-order valence-electron chi connectivity index (χ4n) is 4.05. The number of aryl methyl sites for hydroxylation is 2. The first kappa shape index (κ1) is 26.1. The molecular formula is C27H35ClN2O4. The van der Waals surface area contributed by atoms with Gasteiger partial charge in [-0.3, -0.25) is 0 Å². The lowest BCUT2D eigenvalue weighted by atomic mass is 10.0. The van der Waals surface area contributed by atoms with Gasteiger partial charge in [0.05, 0.1) is 13.2 Å². The van der Waals surface area contributed by atoms with Crippen molar-refractivity contribution in [3.8, 4) is 5.75 Å². The van der Waals surface area contributed by atoms with Gasteiger partial charge in [0.25, 0.3) is 0 Å². The molecule has 0 fully saturated rings. The zero-order valence-corrected chi connectivity index (χ0v) is 20.9. The first-order valence-electron chi connectivity index (χ1n) is 12.0. The van der Waals surface area contributed by atoms with E-state index < -0.39 is 0 Å². The van der Waals surface area contributed by atoms with Crippen LogP contribution in [0.25, 0.3) is 0 Å². The molecule has 0 aromatic heterocycles. The molecule has 0 saturated carbocycles. The largest absolute Gasteiger partial charge is 0.491 e. The van der Waals surface area contributed by atoms with E-state index in [9.17, 15) is 4.79 Å². The summed E-state index contributed by atoms with van der Waals surface area (Å²) in [5.74, 6) is 0.577. The van der Waals surface area contributed by atoms with Crippen LogP contribution in [0.3, 0.4) is 0 Å². The summed E-state index contributed by atoms with van der Waals surface area (Å²) in [5, 5.41) is 4.10. The van der Waals surface area contributed by atoms with E-state index in [4.69, 9.17) is 25.8 Å². The SMILES string of the molecule is CCOC(=O)/C=C/CNCCCCN1c2ccc(OCCOC)cc2CCc2ccc(Cl)cc21. The molecule has 1 aliphatic rings. The van der Waals surface area contributed by atoms with Crippen LogP contribution >= 0.6 is 11.6 Å². The van der Waals surface area contributed by atoms with E-state index in [1.54, 1.807) is 20.1 Å². The summed E-state index contributed by atoms with van der Waals surface area (Å²) in [7, 11) is 1.68. The number of nitrogens with zero attached hydrogens (tertiary/aromatic N) is 1. The standard InChI is InChI=1S/C27H35ClN2O4/c1-3-33-27(31)7-6-15-29-14-4-5-16-30-25-13-12-24(34-18-17-32-2)19-22(25)9-8-21-10-11-23(28)20-26(21)30/h6-7,10-13,19-20,29H,3-5,8-9,14-18H2,1-2H3/b7-6+. The summed E-state index contributed by atoms with van der Waals surface area (Å²) < 4.78 is 15.8. The lowest BCUT2D eigenvalue weighted by Crippen LogP contribution is -2.22. The highest BCUT2D eigenvalue weighted by molar-refractivity contribution is 6.30. The predicted octanol–water partition coefficient (Wildman–Crippen LogP) is 5.09. The van der Waals surface area contributed by atoms with Gasteiger partial charge in [-0.2, -0.15) is 0 Å². The number of hydrogen-bond acceptors (Lipinski definition) is 6. The summed E-state index contributed by atoms with van der Waals surface area (Å²) in [6.45, 7) is 5.72. The van der Waals surface area contributed by atoms with Crippen molar-refractivity contribution in [1.29, 1.82) is 0 Å². The lowest BCUT2D eigenvalue weighted by Gasteiger charge is -2.27. The third-order valence-corrected chi connectivity index (χ3v) is 5.92. The van der Waals surface area contributed by atoms with Gasteiger partial charge < -0.3 is 24.4 Å². The Morgan fingerprint density at radius 2 is 1.94 bits per heavy atom. The minimum atomic E-state index is -0.297. The second kappa shape index (κ2) is 14.0. The number of nitrogens with one attached hydrogen (secondary N) is 1. The summed E-state index contributed by atoms with van der Waals surface area (Å²) in [5.41, 5.74) is 4.99. The number of hydrogen-bond donors (Lipinski definition) is 1. The molecule has 2 aromatic carbocycles. The molecule has 0 atom stereocenters. The van der Waals surface area contributed by atoms with Crippen LogP contribution in [-0.4, -0.2) is 52.5 Å². The van der Waals surface area contributed by atoms with E-state index in [1.165, 1.54) is 28.6 Å². The van der Waals surface area contributed by atoms with Crippen molar-refractivity contribution in [2.45, 2.75) is 32.6 Å². The molecule has 0 spiro atoms. The number of halogens is 1. The number of unbranched alkanes of at least 4 members (excludes halogenated alkanes) is 1. The molecule has 1 heterocycles. The van der Waals surface area contributed by atoms with Crippen LogP contribution in [0, 0.1) is 0 Å². The van der Waals surface area contributed by atoms with Crippen molar-refractivity contribution in [2.24, 2.45) is 0 Å². The Bertz CT molecular complexity index is 964. The molecule has 0 amide bonds. The monoisotopic (exact) mass is 486 g/mol. The Hall–Kier alpha value is -2.54. The molecule has 0 saturated heterocycles. The summed E-state index contributed by atoms with van der Waals surface area (Å²) in [6, 6.07) is 12.5. The molecule has 34 heavy (non-hydrogen) atoms. The first-order valence-corrected chi connectivity index (χ1v) is 12.3. The summed E-state index contributed by atoms with van der Waals surface area (Å²) in [6.07, 6.45) is 7.23. The van der Waals surface area contributed by atoms with Crippen molar-refractivity contribution in [1.82, 2.24) is 5.32 Å². The van der Waals surface area contributed by atoms with Crippen LogP contribution in [-0.2, 0) is 27.1 Å². The normalized spacial score (nSPS) is 12.9. The molecule has 0 unspecified atom stereocenters. The van der Waals surface area contributed by atoms with E-state index in [0.29, 0.717) is 26.4 Å². The molecule has 3 rings (SSSR count). The molecule has 0 aliphatic carbocycles. The molecular weight excluding hydrogens is 452 g/mol. The molecule has 7 heteroatoms. The maximum atomic E-state index is 11.3. The van der Waals surface area contributed by atoms with Gasteiger partial charge in [-0.1, -0.05) is 23.7 Å². The smallest absolute Gasteiger partial charge is 0.330 e.